The molecule has 0 saturated carbocycles. The van der Waals surface area contributed by atoms with Gasteiger partial charge in [-0.15, -0.1) is 0 Å². The first-order valence-electron chi connectivity index (χ1n) is 7.88. The zero-order chi connectivity index (χ0) is 18.7. The monoisotopic (exact) mass is 416 g/mol. The van der Waals surface area contributed by atoms with E-state index in [-0.39, 0.29) is 18.2 Å². The summed E-state index contributed by atoms with van der Waals surface area (Å²) < 4.78 is 11.7. The summed E-state index contributed by atoms with van der Waals surface area (Å²) in [5.41, 5.74) is 1.94. The van der Waals surface area contributed by atoms with Crippen LogP contribution < -0.4 is 15.4 Å². The second-order valence-electron chi connectivity index (χ2n) is 5.66. The summed E-state index contributed by atoms with van der Waals surface area (Å²) in [7, 11) is 1.58. The van der Waals surface area contributed by atoms with Gasteiger partial charge in [0.2, 0.25) is 5.91 Å². The average Bonchev–Trinajstić information content (AvgIpc) is 2.98. The Morgan fingerprint density at radius 1 is 1.15 bits per heavy atom. The van der Waals surface area contributed by atoms with Crippen molar-refractivity contribution in [3.05, 3.63) is 58.3 Å². The van der Waals surface area contributed by atoms with Crippen molar-refractivity contribution in [3.8, 4) is 5.75 Å². The first-order valence-corrected chi connectivity index (χ1v) is 8.68. The molecule has 0 aliphatic rings. The number of nitrogens with one attached hydrogen (secondary N) is 2. The molecule has 0 unspecified atom stereocenters. The van der Waals surface area contributed by atoms with Crippen LogP contribution in [0.5, 0.6) is 5.75 Å². The van der Waals surface area contributed by atoms with Crippen molar-refractivity contribution in [2.75, 3.05) is 19.0 Å². The van der Waals surface area contributed by atoms with Crippen LogP contribution in [0.25, 0.3) is 11.0 Å². The largest absolute Gasteiger partial charge is 0.497 e. The molecule has 3 aromatic rings. The first kappa shape index (κ1) is 18.0. The lowest BCUT2D eigenvalue weighted by molar-refractivity contribution is -0.115. The van der Waals surface area contributed by atoms with E-state index < -0.39 is 5.91 Å². The lowest BCUT2D eigenvalue weighted by atomic mass is 10.1. The second kappa shape index (κ2) is 7.61. The molecule has 0 bridgehead atoms. The summed E-state index contributed by atoms with van der Waals surface area (Å²) >= 11 is 3.33. The number of rotatable bonds is 5. The summed E-state index contributed by atoms with van der Waals surface area (Å²) in [5, 5.41) is 6.09. The number of fused-ring (bicyclic) bond motifs is 1. The van der Waals surface area contributed by atoms with Gasteiger partial charge in [0, 0.05) is 21.1 Å². The van der Waals surface area contributed by atoms with Gasteiger partial charge >= 0.3 is 0 Å². The average molecular weight is 417 g/mol. The molecule has 1 aromatic heterocycles. The smallest absolute Gasteiger partial charge is 0.287 e. The van der Waals surface area contributed by atoms with Crippen LogP contribution in [0.15, 0.2) is 51.4 Å². The molecular weight excluding hydrogens is 400 g/mol. The number of hydrogen-bond acceptors (Lipinski definition) is 4. The van der Waals surface area contributed by atoms with Crippen molar-refractivity contribution < 1.29 is 18.7 Å². The molecule has 2 N–H and O–H groups in total. The Balaban J connectivity index is 1.66. The van der Waals surface area contributed by atoms with Crippen LogP contribution in [0.4, 0.5) is 5.69 Å². The zero-order valence-corrected chi connectivity index (χ0v) is 15.8. The van der Waals surface area contributed by atoms with Gasteiger partial charge in [0.15, 0.2) is 5.76 Å². The molecule has 7 heteroatoms. The summed E-state index contributed by atoms with van der Waals surface area (Å²) in [6.07, 6.45) is 0. The highest BCUT2D eigenvalue weighted by molar-refractivity contribution is 9.10. The Bertz CT molecular complexity index is 964. The van der Waals surface area contributed by atoms with Crippen LogP contribution in [0, 0.1) is 6.92 Å². The van der Waals surface area contributed by atoms with Crippen molar-refractivity contribution in [3.63, 3.8) is 0 Å². The lowest BCUT2D eigenvalue weighted by Gasteiger charge is -2.06. The number of ether oxygens (including phenoxy) is 1. The molecule has 3 rings (SSSR count). The van der Waals surface area contributed by atoms with E-state index in [1.54, 1.807) is 38.3 Å². The fourth-order valence-electron chi connectivity index (χ4n) is 2.52. The van der Waals surface area contributed by atoms with Crippen LogP contribution in [0.2, 0.25) is 0 Å². The Morgan fingerprint density at radius 3 is 2.58 bits per heavy atom. The maximum Gasteiger partial charge on any atom is 0.287 e. The zero-order valence-electron chi connectivity index (χ0n) is 14.3. The minimum Gasteiger partial charge on any atom is -0.497 e. The Kier molecular flexibility index (Phi) is 5.27. The van der Waals surface area contributed by atoms with Gasteiger partial charge in [0.25, 0.3) is 5.91 Å². The molecule has 0 fully saturated rings. The minimum atomic E-state index is -0.441. The van der Waals surface area contributed by atoms with Crippen LogP contribution in [0.3, 0.4) is 0 Å². The number of methoxy groups -OCH3 is 1. The van der Waals surface area contributed by atoms with Crippen molar-refractivity contribution in [2.45, 2.75) is 6.92 Å². The molecular formula is C19H17BrN2O4. The van der Waals surface area contributed by atoms with Crippen molar-refractivity contribution in [1.29, 1.82) is 0 Å². The Morgan fingerprint density at radius 2 is 1.88 bits per heavy atom. The van der Waals surface area contributed by atoms with E-state index in [0.29, 0.717) is 22.6 Å². The first-order chi connectivity index (χ1) is 12.5. The number of anilines is 1. The van der Waals surface area contributed by atoms with Gasteiger partial charge in [-0.1, -0.05) is 15.9 Å². The highest BCUT2D eigenvalue weighted by Crippen LogP contribution is 2.28. The molecule has 2 aromatic carbocycles. The highest BCUT2D eigenvalue weighted by atomic mass is 79.9. The molecule has 0 aliphatic heterocycles. The third kappa shape index (κ3) is 3.88. The number of amides is 2. The second-order valence-corrected chi connectivity index (χ2v) is 6.57. The maximum absolute atomic E-state index is 12.4. The summed E-state index contributed by atoms with van der Waals surface area (Å²) in [6, 6.07) is 12.5. The SMILES string of the molecule is COc1ccc2oc(C(=O)NCC(=O)Nc3ccc(Br)cc3)c(C)c2c1. The van der Waals surface area contributed by atoms with E-state index in [9.17, 15) is 9.59 Å². The standard InChI is InChI=1S/C19H17BrN2O4/c1-11-15-9-14(25-2)7-8-16(15)26-18(11)19(24)21-10-17(23)22-13-5-3-12(20)4-6-13/h3-9H,10H2,1-2H3,(H,21,24)(H,22,23). The Labute approximate surface area is 158 Å². The quantitative estimate of drug-likeness (QED) is 0.661. The van der Waals surface area contributed by atoms with E-state index in [1.165, 1.54) is 0 Å². The van der Waals surface area contributed by atoms with Gasteiger partial charge in [-0.05, 0) is 49.4 Å². The van der Waals surface area contributed by atoms with Crippen LogP contribution in [-0.4, -0.2) is 25.5 Å². The van der Waals surface area contributed by atoms with E-state index >= 15 is 0 Å². The molecule has 6 nitrogen and oxygen atoms in total. The van der Waals surface area contributed by atoms with Crippen molar-refractivity contribution in [1.82, 2.24) is 5.32 Å². The number of carbonyl (C=O) groups excluding carboxylic acids is 2. The Hall–Kier alpha value is -2.80. The third-order valence-electron chi connectivity index (χ3n) is 3.89. The molecule has 0 radical (unpaired) electrons. The summed E-state index contributed by atoms with van der Waals surface area (Å²) in [6.45, 7) is 1.64. The van der Waals surface area contributed by atoms with Gasteiger partial charge in [0.05, 0.1) is 13.7 Å². The number of benzene rings is 2. The number of halogens is 1. The van der Waals surface area contributed by atoms with Gasteiger partial charge in [-0.2, -0.15) is 0 Å². The molecule has 134 valence electrons. The highest BCUT2D eigenvalue weighted by Gasteiger charge is 2.18. The van der Waals surface area contributed by atoms with E-state index in [1.807, 2.05) is 18.2 Å². The minimum absolute atomic E-state index is 0.158. The van der Waals surface area contributed by atoms with Gasteiger partial charge in [-0.3, -0.25) is 9.59 Å². The third-order valence-corrected chi connectivity index (χ3v) is 4.42. The number of furan rings is 1. The van der Waals surface area contributed by atoms with E-state index in [0.717, 1.165) is 9.86 Å². The normalized spacial score (nSPS) is 10.6. The maximum atomic E-state index is 12.4. The topological polar surface area (TPSA) is 80.6 Å². The fraction of sp³-hybridized carbons (Fsp3) is 0.158. The molecule has 0 saturated heterocycles. The molecule has 26 heavy (non-hydrogen) atoms. The molecule has 0 atom stereocenters. The predicted octanol–water partition coefficient (Wildman–Crippen LogP) is 3.88. The number of aryl methyl sites for hydroxylation is 1. The molecule has 0 spiro atoms. The van der Waals surface area contributed by atoms with Gasteiger partial charge in [0.1, 0.15) is 11.3 Å². The lowest BCUT2D eigenvalue weighted by Crippen LogP contribution is -2.32. The van der Waals surface area contributed by atoms with E-state index in [4.69, 9.17) is 9.15 Å². The molecule has 0 aliphatic carbocycles. The van der Waals surface area contributed by atoms with Crippen LogP contribution in [-0.2, 0) is 4.79 Å². The summed E-state index contributed by atoms with van der Waals surface area (Å²) in [5.74, 6) is 0.103. The molecule has 1 heterocycles. The number of carbonyl (C=O) groups is 2. The van der Waals surface area contributed by atoms with Crippen molar-refractivity contribution >= 4 is 44.4 Å². The van der Waals surface area contributed by atoms with Gasteiger partial charge in [-0.25, -0.2) is 0 Å². The van der Waals surface area contributed by atoms with Crippen LogP contribution >= 0.6 is 15.9 Å². The van der Waals surface area contributed by atoms with Crippen LogP contribution in [0.1, 0.15) is 16.1 Å². The molecule has 2 amide bonds. The van der Waals surface area contributed by atoms with Gasteiger partial charge < -0.3 is 19.8 Å². The predicted molar refractivity (Wildman–Crippen MR) is 103 cm³/mol. The van der Waals surface area contributed by atoms with E-state index in [2.05, 4.69) is 26.6 Å². The number of hydrogen-bond donors (Lipinski definition) is 2. The van der Waals surface area contributed by atoms with Crippen molar-refractivity contribution in [2.24, 2.45) is 0 Å². The summed E-state index contributed by atoms with van der Waals surface area (Å²) in [4.78, 5) is 24.4. The fourth-order valence-corrected chi connectivity index (χ4v) is 2.79.